The Morgan fingerprint density at radius 1 is 1.22 bits per heavy atom. The monoisotopic (exact) mass is 246 g/mol. The van der Waals surface area contributed by atoms with E-state index in [0.29, 0.717) is 0 Å². The maximum Gasteiger partial charge on any atom is 0.128 e. The normalized spacial score (nSPS) is 29.7. The average molecular weight is 246 g/mol. The molecule has 1 aromatic rings. The summed E-state index contributed by atoms with van der Waals surface area (Å²) in [5, 5.41) is 11.0. The van der Waals surface area contributed by atoms with Crippen molar-refractivity contribution in [2.24, 2.45) is 5.41 Å². The second kappa shape index (κ2) is 3.99. The van der Waals surface area contributed by atoms with Crippen LogP contribution in [0.15, 0.2) is 18.2 Å². The van der Waals surface area contributed by atoms with E-state index in [1.165, 1.54) is 5.56 Å². The van der Waals surface area contributed by atoms with Crippen molar-refractivity contribution in [1.82, 2.24) is 0 Å². The fourth-order valence-electron chi connectivity index (χ4n) is 3.50. The molecule has 1 aliphatic heterocycles. The van der Waals surface area contributed by atoms with Crippen LogP contribution in [0.2, 0.25) is 0 Å². The van der Waals surface area contributed by atoms with Crippen molar-refractivity contribution in [1.29, 1.82) is 0 Å². The van der Waals surface area contributed by atoms with Crippen LogP contribution in [-0.4, -0.2) is 11.7 Å². The van der Waals surface area contributed by atoms with Gasteiger partial charge in [-0.25, -0.2) is 0 Å². The van der Waals surface area contributed by atoms with Crippen LogP contribution in [0, 0.1) is 5.41 Å². The van der Waals surface area contributed by atoms with Gasteiger partial charge in [0.15, 0.2) is 0 Å². The Bertz CT molecular complexity index is 464. The molecular formula is C16H22O2. The Balaban J connectivity index is 2.02. The SMILES string of the molecule is CC1(C)CCC(O)(c2cccc3c2OCCC3)C1. The van der Waals surface area contributed by atoms with Crippen LogP contribution in [0.25, 0.3) is 0 Å². The van der Waals surface area contributed by atoms with Gasteiger partial charge in [0.25, 0.3) is 0 Å². The molecule has 0 bridgehead atoms. The number of rotatable bonds is 1. The molecule has 1 atom stereocenters. The van der Waals surface area contributed by atoms with Crippen molar-refractivity contribution < 1.29 is 9.84 Å². The van der Waals surface area contributed by atoms with Crippen molar-refractivity contribution in [2.45, 2.75) is 51.6 Å². The third-order valence-corrected chi connectivity index (χ3v) is 4.42. The highest BCUT2D eigenvalue weighted by Gasteiger charge is 2.44. The molecule has 0 spiro atoms. The maximum atomic E-state index is 11.0. The molecule has 1 N–H and O–H groups in total. The van der Waals surface area contributed by atoms with E-state index in [4.69, 9.17) is 4.74 Å². The lowest BCUT2D eigenvalue weighted by molar-refractivity contribution is 0.0303. The molecule has 1 saturated carbocycles. The number of ether oxygens (including phenoxy) is 1. The zero-order valence-electron chi connectivity index (χ0n) is 11.3. The summed E-state index contributed by atoms with van der Waals surface area (Å²) in [4.78, 5) is 0. The fourth-order valence-corrected chi connectivity index (χ4v) is 3.50. The van der Waals surface area contributed by atoms with Gasteiger partial charge in [-0.15, -0.1) is 0 Å². The second-order valence-corrected chi connectivity index (χ2v) is 6.62. The Morgan fingerprint density at radius 3 is 2.78 bits per heavy atom. The lowest BCUT2D eigenvalue weighted by Gasteiger charge is -2.30. The number of benzene rings is 1. The molecule has 1 unspecified atom stereocenters. The van der Waals surface area contributed by atoms with E-state index in [1.807, 2.05) is 6.07 Å². The van der Waals surface area contributed by atoms with E-state index in [1.54, 1.807) is 0 Å². The smallest absolute Gasteiger partial charge is 0.128 e. The zero-order chi connectivity index (χ0) is 12.8. The van der Waals surface area contributed by atoms with Gasteiger partial charge in [0.1, 0.15) is 5.75 Å². The van der Waals surface area contributed by atoms with Crippen LogP contribution >= 0.6 is 0 Å². The lowest BCUT2D eigenvalue weighted by Crippen LogP contribution is -2.26. The fraction of sp³-hybridized carbons (Fsp3) is 0.625. The predicted octanol–water partition coefficient (Wildman–Crippen LogP) is 3.41. The van der Waals surface area contributed by atoms with Gasteiger partial charge in [0, 0.05) is 5.56 Å². The van der Waals surface area contributed by atoms with Gasteiger partial charge in [-0.05, 0) is 43.1 Å². The number of para-hydroxylation sites is 1. The van der Waals surface area contributed by atoms with E-state index in [0.717, 1.165) is 50.0 Å². The van der Waals surface area contributed by atoms with E-state index in [2.05, 4.69) is 26.0 Å². The van der Waals surface area contributed by atoms with Crippen molar-refractivity contribution in [3.63, 3.8) is 0 Å². The van der Waals surface area contributed by atoms with Gasteiger partial charge in [0.05, 0.1) is 12.2 Å². The minimum absolute atomic E-state index is 0.228. The third-order valence-electron chi connectivity index (χ3n) is 4.42. The first-order valence-electron chi connectivity index (χ1n) is 6.98. The van der Waals surface area contributed by atoms with Gasteiger partial charge in [0.2, 0.25) is 0 Å². The molecule has 0 radical (unpaired) electrons. The third kappa shape index (κ3) is 1.93. The molecular weight excluding hydrogens is 224 g/mol. The molecule has 2 heteroatoms. The number of aryl methyl sites for hydroxylation is 1. The highest BCUT2D eigenvalue weighted by molar-refractivity contribution is 5.46. The van der Waals surface area contributed by atoms with Gasteiger partial charge in [-0.3, -0.25) is 0 Å². The van der Waals surface area contributed by atoms with E-state index >= 15 is 0 Å². The molecule has 0 saturated heterocycles. The molecule has 1 fully saturated rings. The van der Waals surface area contributed by atoms with Crippen LogP contribution in [0.1, 0.15) is 50.7 Å². The molecule has 1 aliphatic carbocycles. The first-order valence-corrected chi connectivity index (χ1v) is 6.98. The van der Waals surface area contributed by atoms with Crippen LogP contribution in [0.5, 0.6) is 5.75 Å². The first-order chi connectivity index (χ1) is 8.50. The van der Waals surface area contributed by atoms with Crippen LogP contribution < -0.4 is 4.74 Å². The van der Waals surface area contributed by atoms with Crippen molar-refractivity contribution in [2.75, 3.05) is 6.61 Å². The zero-order valence-corrected chi connectivity index (χ0v) is 11.3. The summed E-state index contributed by atoms with van der Waals surface area (Å²) in [6.45, 7) is 5.26. The van der Waals surface area contributed by atoms with Gasteiger partial charge in [-0.2, -0.15) is 0 Å². The molecule has 0 aromatic heterocycles. The van der Waals surface area contributed by atoms with E-state index in [-0.39, 0.29) is 5.41 Å². The molecule has 3 rings (SSSR count). The topological polar surface area (TPSA) is 29.5 Å². The second-order valence-electron chi connectivity index (χ2n) is 6.62. The standard InChI is InChI=1S/C16H22O2/c1-15(2)8-9-16(17,11-15)13-7-3-5-12-6-4-10-18-14(12)13/h3,5,7,17H,4,6,8-11H2,1-2H3. The van der Waals surface area contributed by atoms with Gasteiger partial charge in [-0.1, -0.05) is 32.0 Å². The molecule has 2 aliphatic rings. The summed E-state index contributed by atoms with van der Waals surface area (Å²) < 4.78 is 5.84. The molecule has 98 valence electrons. The van der Waals surface area contributed by atoms with E-state index in [9.17, 15) is 5.11 Å². The Hall–Kier alpha value is -1.02. The average Bonchev–Trinajstić information content (AvgIpc) is 2.64. The number of hydrogen-bond donors (Lipinski definition) is 1. The number of fused-ring (bicyclic) bond motifs is 1. The maximum absolute atomic E-state index is 11.0. The molecule has 1 heterocycles. The summed E-state index contributed by atoms with van der Waals surface area (Å²) in [6.07, 6.45) is 4.91. The number of aliphatic hydroxyl groups is 1. The van der Waals surface area contributed by atoms with Gasteiger partial charge < -0.3 is 9.84 Å². The van der Waals surface area contributed by atoms with Crippen molar-refractivity contribution in [3.05, 3.63) is 29.3 Å². The Labute approximate surface area is 109 Å². The van der Waals surface area contributed by atoms with Crippen LogP contribution in [0.4, 0.5) is 0 Å². The first kappa shape index (κ1) is 12.0. The Kier molecular flexibility index (Phi) is 2.67. The summed E-state index contributed by atoms with van der Waals surface area (Å²) >= 11 is 0. The summed E-state index contributed by atoms with van der Waals surface area (Å²) in [5.41, 5.74) is 1.82. The van der Waals surface area contributed by atoms with Crippen molar-refractivity contribution in [3.8, 4) is 5.75 Å². The summed E-state index contributed by atoms with van der Waals surface area (Å²) in [7, 11) is 0. The minimum atomic E-state index is -0.688. The highest BCUT2D eigenvalue weighted by atomic mass is 16.5. The van der Waals surface area contributed by atoms with E-state index < -0.39 is 5.60 Å². The minimum Gasteiger partial charge on any atom is -0.493 e. The molecule has 1 aromatic carbocycles. The van der Waals surface area contributed by atoms with Gasteiger partial charge >= 0.3 is 0 Å². The lowest BCUT2D eigenvalue weighted by atomic mass is 9.84. The largest absolute Gasteiger partial charge is 0.493 e. The van der Waals surface area contributed by atoms with Crippen molar-refractivity contribution >= 4 is 0 Å². The molecule has 18 heavy (non-hydrogen) atoms. The molecule has 2 nitrogen and oxygen atoms in total. The quantitative estimate of drug-likeness (QED) is 0.823. The summed E-state index contributed by atoms with van der Waals surface area (Å²) in [6, 6.07) is 6.24. The summed E-state index contributed by atoms with van der Waals surface area (Å²) in [5.74, 6) is 0.962. The van der Waals surface area contributed by atoms with Crippen LogP contribution in [0.3, 0.4) is 0 Å². The highest BCUT2D eigenvalue weighted by Crippen LogP contribution is 2.51. The molecule has 0 amide bonds. The van der Waals surface area contributed by atoms with Crippen LogP contribution in [-0.2, 0) is 12.0 Å². The Morgan fingerprint density at radius 2 is 2.06 bits per heavy atom. The predicted molar refractivity (Wildman–Crippen MR) is 71.8 cm³/mol. The number of hydrogen-bond acceptors (Lipinski definition) is 2.